The molecule has 0 unspecified atom stereocenters. The fourth-order valence-electron chi connectivity index (χ4n) is 2.53. The Morgan fingerprint density at radius 3 is 2.64 bits per heavy atom. The highest BCUT2D eigenvalue weighted by molar-refractivity contribution is 7.86. The van der Waals surface area contributed by atoms with E-state index in [0.717, 1.165) is 12.0 Å². The monoisotopic (exact) mass is 325 g/mol. The van der Waals surface area contributed by atoms with Gasteiger partial charge in [-0.3, -0.25) is 4.79 Å². The summed E-state index contributed by atoms with van der Waals surface area (Å²) in [4.78, 5) is 12.3. The van der Waals surface area contributed by atoms with Gasteiger partial charge in [-0.05, 0) is 18.4 Å². The van der Waals surface area contributed by atoms with Crippen LogP contribution in [0.3, 0.4) is 0 Å². The number of nitrogens with one attached hydrogen (secondary N) is 1. The SMILES string of the molecule is CN(C)S(=O)(=O)N1CCC[C@H](C(=O)NCc2ccccc2)C1. The Bertz CT molecular complexity index is 602. The maximum absolute atomic E-state index is 12.3. The highest BCUT2D eigenvalue weighted by atomic mass is 32.2. The van der Waals surface area contributed by atoms with Crippen LogP contribution in [0.25, 0.3) is 0 Å². The van der Waals surface area contributed by atoms with Crippen LogP contribution < -0.4 is 5.32 Å². The van der Waals surface area contributed by atoms with Gasteiger partial charge >= 0.3 is 0 Å². The van der Waals surface area contributed by atoms with Crippen LogP contribution in [0.1, 0.15) is 18.4 Å². The number of amides is 1. The van der Waals surface area contributed by atoms with Gasteiger partial charge in [0, 0.05) is 33.7 Å². The molecule has 0 radical (unpaired) electrons. The second kappa shape index (κ2) is 7.21. The minimum atomic E-state index is -3.45. The van der Waals surface area contributed by atoms with Crippen molar-refractivity contribution in [3.63, 3.8) is 0 Å². The molecule has 22 heavy (non-hydrogen) atoms. The van der Waals surface area contributed by atoms with Gasteiger partial charge in [0.05, 0.1) is 5.92 Å². The highest BCUT2D eigenvalue weighted by Gasteiger charge is 2.33. The first-order valence-corrected chi connectivity index (χ1v) is 8.80. The number of piperidine rings is 1. The molecule has 1 aliphatic heterocycles. The van der Waals surface area contributed by atoms with Crippen LogP contribution in [0.2, 0.25) is 0 Å². The third kappa shape index (κ3) is 4.06. The van der Waals surface area contributed by atoms with Crippen LogP contribution in [-0.2, 0) is 21.5 Å². The van der Waals surface area contributed by atoms with Crippen LogP contribution in [-0.4, -0.2) is 50.1 Å². The molecule has 1 saturated heterocycles. The minimum absolute atomic E-state index is 0.0810. The second-order valence-electron chi connectivity index (χ2n) is 5.69. The van der Waals surface area contributed by atoms with Crippen LogP contribution in [0.4, 0.5) is 0 Å². The van der Waals surface area contributed by atoms with Gasteiger partial charge in [-0.2, -0.15) is 17.0 Å². The number of hydrogen-bond donors (Lipinski definition) is 1. The van der Waals surface area contributed by atoms with E-state index >= 15 is 0 Å². The van der Waals surface area contributed by atoms with Gasteiger partial charge < -0.3 is 5.32 Å². The van der Waals surface area contributed by atoms with Gasteiger partial charge in [0.1, 0.15) is 0 Å². The summed E-state index contributed by atoms with van der Waals surface area (Å²) in [6, 6.07) is 9.67. The first-order valence-electron chi connectivity index (χ1n) is 7.40. The molecule has 1 fully saturated rings. The molecule has 1 aliphatic rings. The predicted molar refractivity (Wildman–Crippen MR) is 85.2 cm³/mol. The summed E-state index contributed by atoms with van der Waals surface area (Å²) in [5, 5.41) is 2.90. The smallest absolute Gasteiger partial charge is 0.281 e. The predicted octanol–water partition coefficient (Wildman–Crippen LogP) is 0.821. The quantitative estimate of drug-likeness (QED) is 0.871. The van der Waals surface area contributed by atoms with E-state index in [2.05, 4.69) is 5.32 Å². The Labute approximate surface area is 132 Å². The first kappa shape index (κ1) is 16.9. The average Bonchev–Trinajstić information content (AvgIpc) is 2.53. The fraction of sp³-hybridized carbons (Fsp3) is 0.533. The van der Waals surface area contributed by atoms with Gasteiger partial charge in [-0.15, -0.1) is 0 Å². The zero-order valence-corrected chi connectivity index (χ0v) is 13.8. The van der Waals surface area contributed by atoms with E-state index in [9.17, 15) is 13.2 Å². The molecule has 1 amide bonds. The molecule has 1 aromatic rings. The van der Waals surface area contributed by atoms with Crippen LogP contribution >= 0.6 is 0 Å². The Hall–Kier alpha value is -1.44. The average molecular weight is 325 g/mol. The molecule has 0 bridgehead atoms. The van der Waals surface area contributed by atoms with E-state index in [1.54, 1.807) is 0 Å². The van der Waals surface area contributed by atoms with Gasteiger partial charge in [0.2, 0.25) is 5.91 Å². The molecule has 7 heteroatoms. The second-order valence-corrected chi connectivity index (χ2v) is 7.83. The van der Waals surface area contributed by atoms with Crippen molar-refractivity contribution in [3.05, 3.63) is 35.9 Å². The maximum Gasteiger partial charge on any atom is 0.281 e. The molecule has 122 valence electrons. The molecule has 1 aromatic carbocycles. The fourth-order valence-corrected chi connectivity index (χ4v) is 3.72. The summed E-state index contributed by atoms with van der Waals surface area (Å²) in [7, 11) is -0.430. The summed E-state index contributed by atoms with van der Waals surface area (Å²) in [6.07, 6.45) is 1.43. The number of carbonyl (C=O) groups excluding carboxylic acids is 1. The molecular formula is C15H23N3O3S. The molecule has 0 saturated carbocycles. The molecule has 1 atom stereocenters. The molecule has 0 aromatic heterocycles. The first-order chi connectivity index (χ1) is 10.4. The number of nitrogens with zero attached hydrogens (tertiary/aromatic N) is 2. The van der Waals surface area contributed by atoms with E-state index in [1.807, 2.05) is 30.3 Å². The van der Waals surface area contributed by atoms with Crippen LogP contribution in [0.5, 0.6) is 0 Å². The summed E-state index contributed by atoms with van der Waals surface area (Å²) in [6.45, 7) is 1.20. The van der Waals surface area contributed by atoms with Crippen molar-refractivity contribution in [1.82, 2.24) is 13.9 Å². The van der Waals surface area contributed by atoms with Gasteiger partial charge in [-0.1, -0.05) is 30.3 Å². The normalized spacial score (nSPS) is 20.0. The zero-order chi connectivity index (χ0) is 16.2. The topological polar surface area (TPSA) is 69.7 Å². The Morgan fingerprint density at radius 2 is 2.00 bits per heavy atom. The van der Waals surface area contributed by atoms with Crippen molar-refractivity contribution in [2.24, 2.45) is 5.92 Å². The standard InChI is InChI=1S/C15H23N3O3S/c1-17(2)22(20,21)18-10-6-9-14(12-18)15(19)16-11-13-7-4-3-5-8-13/h3-5,7-8,14H,6,9-12H2,1-2H3,(H,16,19)/t14-/m0/s1. The summed E-state index contributed by atoms with van der Waals surface area (Å²) in [5.41, 5.74) is 1.03. The molecule has 1 N–H and O–H groups in total. The van der Waals surface area contributed by atoms with Crippen molar-refractivity contribution < 1.29 is 13.2 Å². The van der Waals surface area contributed by atoms with Crippen molar-refractivity contribution in [2.45, 2.75) is 19.4 Å². The highest BCUT2D eigenvalue weighted by Crippen LogP contribution is 2.20. The van der Waals surface area contributed by atoms with E-state index < -0.39 is 10.2 Å². The molecule has 6 nitrogen and oxygen atoms in total. The van der Waals surface area contributed by atoms with Crippen LogP contribution in [0, 0.1) is 5.92 Å². The number of benzene rings is 1. The molecule has 2 rings (SSSR count). The Balaban J connectivity index is 1.93. The minimum Gasteiger partial charge on any atom is -0.352 e. The lowest BCUT2D eigenvalue weighted by Gasteiger charge is -2.32. The Kier molecular flexibility index (Phi) is 5.55. The Morgan fingerprint density at radius 1 is 1.32 bits per heavy atom. The van der Waals surface area contributed by atoms with Crippen molar-refractivity contribution in [2.75, 3.05) is 27.2 Å². The molecule has 0 spiro atoms. The van der Waals surface area contributed by atoms with Crippen molar-refractivity contribution in [1.29, 1.82) is 0 Å². The van der Waals surface area contributed by atoms with Crippen LogP contribution in [0.15, 0.2) is 30.3 Å². The summed E-state index contributed by atoms with van der Waals surface area (Å²) in [5.74, 6) is -0.366. The maximum atomic E-state index is 12.3. The number of carbonyl (C=O) groups is 1. The molecule has 1 heterocycles. The number of rotatable bonds is 5. The van der Waals surface area contributed by atoms with Gasteiger partial charge in [0.15, 0.2) is 0 Å². The van der Waals surface area contributed by atoms with Gasteiger partial charge in [-0.25, -0.2) is 0 Å². The van der Waals surface area contributed by atoms with Crippen molar-refractivity contribution in [3.8, 4) is 0 Å². The summed E-state index contributed by atoms with van der Waals surface area (Å²) < 4.78 is 26.9. The largest absolute Gasteiger partial charge is 0.352 e. The zero-order valence-electron chi connectivity index (χ0n) is 13.0. The molecular weight excluding hydrogens is 302 g/mol. The van der Waals surface area contributed by atoms with E-state index in [1.165, 1.54) is 22.7 Å². The third-order valence-electron chi connectivity index (χ3n) is 3.85. The lowest BCUT2D eigenvalue weighted by atomic mass is 9.99. The lowest BCUT2D eigenvalue weighted by molar-refractivity contribution is -0.126. The molecule has 0 aliphatic carbocycles. The van der Waals surface area contributed by atoms with E-state index in [-0.39, 0.29) is 18.4 Å². The third-order valence-corrected chi connectivity index (χ3v) is 5.76. The lowest BCUT2D eigenvalue weighted by Crippen LogP contribution is -2.48. The van der Waals surface area contributed by atoms with Crippen molar-refractivity contribution >= 4 is 16.1 Å². The van der Waals surface area contributed by atoms with Gasteiger partial charge in [0.25, 0.3) is 10.2 Å². The van der Waals surface area contributed by atoms with E-state index in [4.69, 9.17) is 0 Å². The number of hydrogen-bond acceptors (Lipinski definition) is 3. The van der Waals surface area contributed by atoms with E-state index in [0.29, 0.717) is 19.5 Å². The summed E-state index contributed by atoms with van der Waals surface area (Å²) >= 11 is 0.